The molecular weight excluding hydrogens is 115 g/mol. The van der Waals surface area contributed by atoms with E-state index >= 15 is 0 Å². The maximum absolute atomic E-state index is 4.40. The van der Waals surface area contributed by atoms with Gasteiger partial charge in [-0.25, -0.2) is 0 Å². The first-order chi connectivity index (χ1) is 3.48. The molecule has 0 aromatic carbocycles. The Hall–Kier alpha value is 0.415. The lowest BCUT2D eigenvalue weighted by Gasteiger charge is -2.24. The summed E-state index contributed by atoms with van der Waals surface area (Å²) < 4.78 is 0.148. The third kappa shape index (κ3) is 2.66. The second kappa shape index (κ2) is 2.81. The van der Waals surface area contributed by atoms with E-state index in [0.29, 0.717) is 5.82 Å². The van der Waals surface area contributed by atoms with Crippen LogP contribution in [0.5, 0.6) is 0 Å². The molecule has 0 spiro atoms. The van der Waals surface area contributed by atoms with Gasteiger partial charge in [0.15, 0.2) is 0 Å². The fourth-order valence-electron chi connectivity index (χ4n) is 0.408. The summed E-state index contributed by atoms with van der Waals surface area (Å²) in [5, 5.41) is 0. The van der Waals surface area contributed by atoms with E-state index in [2.05, 4.69) is 47.5 Å². The molecule has 0 aromatic rings. The van der Waals surface area contributed by atoms with Crippen LogP contribution in [0, 0.1) is 0 Å². The van der Waals surface area contributed by atoms with Crippen molar-refractivity contribution in [2.45, 2.75) is 38.2 Å². The molecule has 0 rings (SSSR count). The van der Waals surface area contributed by atoms with Crippen LogP contribution in [-0.4, -0.2) is 12.0 Å². The van der Waals surface area contributed by atoms with E-state index in [4.69, 9.17) is 0 Å². The molecule has 0 bridgehead atoms. The maximum atomic E-state index is 4.40. The normalized spacial score (nSPS) is 15.6. The molecule has 0 saturated heterocycles. The molecular formula is C6H14BS. The zero-order chi connectivity index (χ0) is 6.78. The van der Waals surface area contributed by atoms with Gasteiger partial charge in [-0.2, -0.15) is 12.6 Å². The van der Waals surface area contributed by atoms with Crippen molar-refractivity contribution in [3.63, 3.8) is 0 Å². The molecule has 0 nitrogen and oxygen atoms in total. The van der Waals surface area contributed by atoms with E-state index in [0.717, 1.165) is 0 Å². The highest BCUT2D eigenvalue weighted by molar-refractivity contribution is 7.81. The van der Waals surface area contributed by atoms with Crippen LogP contribution < -0.4 is 0 Å². The third-order valence-electron chi connectivity index (χ3n) is 1.61. The average molecular weight is 129 g/mol. The molecule has 0 saturated carbocycles. The van der Waals surface area contributed by atoms with Crippen LogP contribution in [0.25, 0.3) is 0 Å². The molecule has 0 fully saturated rings. The minimum Gasteiger partial charge on any atom is -0.174 e. The van der Waals surface area contributed by atoms with Crippen molar-refractivity contribution in [2.24, 2.45) is 0 Å². The summed E-state index contributed by atoms with van der Waals surface area (Å²) in [5.74, 6) is 0.589. The molecule has 0 N–H and O–H groups in total. The summed E-state index contributed by atoms with van der Waals surface area (Å²) in [7, 11) is 2.17. The molecule has 8 heavy (non-hydrogen) atoms. The van der Waals surface area contributed by atoms with E-state index in [-0.39, 0.29) is 4.75 Å². The lowest BCUT2D eigenvalue weighted by Crippen LogP contribution is -2.20. The topological polar surface area (TPSA) is 0 Å². The maximum Gasteiger partial charge on any atom is 0.111 e. The van der Waals surface area contributed by atoms with Gasteiger partial charge in [0, 0.05) is 4.75 Å². The van der Waals surface area contributed by atoms with Gasteiger partial charge < -0.3 is 0 Å². The Morgan fingerprint density at radius 3 is 1.88 bits per heavy atom. The van der Waals surface area contributed by atoms with Crippen molar-refractivity contribution in [1.82, 2.24) is 0 Å². The van der Waals surface area contributed by atoms with Crippen LogP contribution in [0.2, 0.25) is 12.6 Å². The summed E-state index contributed by atoms with van der Waals surface area (Å²) in [4.78, 5) is 0. The number of rotatable bonds is 2. The first-order valence-electron chi connectivity index (χ1n) is 3.00. The van der Waals surface area contributed by atoms with Gasteiger partial charge in [-0.3, -0.25) is 0 Å². The average Bonchev–Trinajstić information content (AvgIpc) is 1.62. The minimum atomic E-state index is 0.148. The van der Waals surface area contributed by atoms with Gasteiger partial charge >= 0.3 is 0 Å². The number of thiol groups is 1. The van der Waals surface area contributed by atoms with E-state index in [1.807, 2.05) is 0 Å². The lowest BCUT2D eigenvalue weighted by molar-refractivity contribution is 0.684. The molecule has 0 aliphatic heterocycles. The third-order valence-corrected chi connectivity index (χ3v) is 2.02. The summed E-state index contributed by atoms with van der Waals surface area (Å²) in [6.45, 7) is 8.50. The summed E-state index contributed by atoms with van der Waals surface area (Å²) >= 11 is 4.40. The molecule has 1 unspecified atom stereocenters. The fraction of sp³-hybridized carbons (Fsp3) is 1.00. The summed E-state index contributed by atoms with van der Waals surface area (Å²) in [6, 6.07) is 0. The van der Waals surface area contributed by atoms with Crippen LogP contribution in [0.3, 0.4) is 0 Å². The van der Waals surface area contributed by atoms with Crippen molar-refractivity contribution in [3.8, 4) is 0 Å². The van der Waals surface area contributed by atoms with Gasteiger partial charge in [0.1, 0.15) is 7.28 Å². The molecule has 0 amide bonds. The second-order valence-corrected chi connectivity index (χ2v) is 3.93. The molecule has 47 valence electrons. The summed E-state index contributed by atoms with van der Waals surface area (Å²) in [6.07, 6.45) is 0. The van der Waals surface area contributed by atoms with Crippen LogP contribution in [-0.2, 0) is 0 Å². The van der Waals surface area contributed by atoms with Crippen LogP contribution >= 0.6 is 12.6 Å². The summed E-state index contributed by atoms with van der Waals surface area (Å²) in [5.41, 5.74) is 0. The van der Waals surface area contributed by atoms with Gasteiger partial charge in [0.2, 0.25) is 0 Å². The van der Waals surface area contributed by atoms with Gasteiger partial charge in [0.05, 0.1) is 0 Å². The zero-order valence-electron chi connectivity index (χ0n) is 6.10. The number of hydrogen-bond donors (Lipinski definition) is 1. The lowest BCUT2D eigenvalue weighted by atomic mass is 9.63. The van der Waals surface area contributed by atoms with Gasteiger partial charge in [-0.15, -0.1) is 0 Å². The largest absolute Gasteiger partial charge is 0.174 e. The molecule has 2 heteroatoms. The van der Waals surface area contributed by atoms with Crippen molar-refractivity contribution < 1.29 is 0 Å². The Kier molecular flexibility index (Phi) is 2.96. The minimum absolute atomic E-state index is 0.148. The highest BCUT2D eigenvalue weighted by Crippen LogP contribution is 2.26. The Balaban J connectivity index is 3.62. The standard InChI is InChI=1S/C6H14BS/c1-5(7-4)6(2,3)8/h5,8H,1-4H3. The monoisotopic (exact) mass is 129 g/mol. The second-order valence-electron chi connectivity index (χ2n) is 2.78. The van der Waals surface area contributed by atoms with Gasteiger partial charge in [-0.05, 0) is 0 Å². The zero-order valence-corrected chi connectivity index (χ0v) is 7.00. The molecule has 1 radical (unpaired) electrons. The van der Waals surface area contributed by atoms with Crippen molar-refractivity contribution >= 4 is 19.9 Å². The van der Waals surface area contributed by atoms with Crippen molar-refractivity contribution in [1.29, 1.82) is 0 Å². The SMILES string of the molecule is C[B]C(C)C(C)(C)S. The molecule has 0 heterocycles. The highest BCUT2D eigenvalue weighted by atomic mass is 32.1. The Bertz CT molecular complexity index is 65.4. The van der Waals surface area contributed by atoms with Crippen molar-refractivity contribution in [2.75, 3.05) is 0 Å². The Morgan fingerprint density at radius 2 is 1.88 bits per heavy atom. The quantitative estimate of drug-likeness (QED) is 0.429. The van der Waals surface area contributed by atoms with E-state index in [9.17, 15) is 0 Å². The fourth-order valence-corrected chi connectivity index (χ4v) is 0.557. The van der Waals surface area contributed by atoms with Crippen molar-refractivity contribution in [3.05, 3.63) is 0 Å². The predicted molar refractivity (Wildman–Crippen MR) is 44.1 cm³/mol. The van der Waals surface area contributed by atoms with Gasteiger partial charge in [-0.1, -0.05) is 33.4 Å². The smallest absolute Gasteiger partial charge is 0.111 e. The molecule has 0 aliphatic rings. The number of hydrogen-bond acceptors (Lipinski definition) is 1. The first-order valence-corrected chi connectivity index (χ1v) is 3.45. The van der Waals surface area contributed by atoms with E-state index < -0.39 is 0 Å². The molecule has 1 atom stereocenters. The van der Waals surface area contributed by atoms with E-state index in [1.54, 1.807) is 0 Å². The predicted octanol–water partition coefficient (Wildman–Crippen LogP) is 2.26. The molecule has 0 aliphatic carbocycles. The van der Waals surface area contributed by atoms with Crippen LogP contribution in [0.15, 0.2) is 0 Å². The van der Waals surface area contributed by atoms with Crippen LogP contribution in [0.1, 0.15) is 20.8 Å². The van der Waals surface area contributed by atoms with Gasteiger partial charge in [0.25, 0.3) is 0 Å². The van der Waals surface area contributed by atoms with Crippen LogP contribution in [0.4, 0.5) is 0 Å². The first kappa shape index (κ1) is 8.41. The Labute approximate surface area is 58.7 Å². The molecule has 0 aromatic heterocycles. The van der Waals surface area contributed by atoms with E-state index in [1.165, 1.54) is 0 Å². The highest BCUT2D eigenvalue weighted by Gasteiger charge is 2.18. The Morgan fingerprint density at radius 1 is 1.50 bits per heavy atom.